The highest BCUT2D eigenvalue weighted by atomic mass is 35.5. The zero-order valence-electron chi connectivity index (χ0n) is 9.13. The summed E-state index contributed by atoms with van der Waals surface area (Å²) in [5.74, 6) is 0.105. The number of nitrogens with one attached hydrogen (secondary N) is 1. The van der Waals surface area contributed by atoms with Crippen molar-refractivity contribution in [3.05, 3.63) is 39.7 Å². The molecule has 0 fully saturated rings. The van der Waals surface area contributed by atoms with E-state index in [4.69, 9.17) is 17.3 Å². The van der Waals surface area contributed by atoms with Crippen LogP contribution in [-0.2, 0) is 16.6 Å². The van der Waals surface area contributed by atoms with Gasteiger partial charge in [-0.05, 0) is 28.5 Å². The maximum Gasteiger partial charge on any atom is 0.242 e. The van der Waals surface area contributed by atoms with Crippen LogP contribution in [0.15, 0.2) is 34.0 Å². The van der Waals surface area contributed by atoms with Gasteiger partial charge in [-0.3, -0.25) is 0 Å². The fourth-order valence-electron chi connectivity index (χ4n) is 1.23. The van der Waals surface area contributed by atoms with Gasteiger partial charge < -0.3 is 5.73 Å². The number of nitrogens with zero attached hydrogens (tertiary/aromatic N) is 1. The number of aromatic nitrogens is 1. The Morgan fingerprint density at radius 2 is 2.28 bits per heavy atom. The molecule has 0 unspecified atom stereocenters. The van der Waals surface area contributed by atoms with Gasteiger partial charge in [-0.15, -0.1) is 0 Å². The van der Waals surface area contributed by atoms with Crippen LogP contribution in [0.2, 0.25) is 5.02 Å². The molecule has 0 aliphatic heterocycles. The highest BCUT2D eigenvalue weighted by Crippen LogP contribution is 2.19. The van der Waals surface area contributed by atoms with Crippen molar-refractivity contribution in [3.8, 4) is 0 Å². The summed E-state index contributed by atoms with van der Waals surface area (Å²) in [6.45, 7) is 0.230. The van der Waals surface area contributed by atoms with E-state index in [0.29, 0.717) is 0 Å². The molecule has 0 spiro atoms. The SMILES string of the molecule is Nc1ncc(S(=O)(=O)NCc2ccsc2)cc1Cl. The number of hydrogen-bond acceptors (Lipinski definition) is 5. The maximum absolute atomic E-state index is 11.9. The second-order valence-electron chi connectivity index (χ2n) is 3.49. The molecule has 5 nitrogen and oxygen atoms in total. The Hall–Kier alpha value is -1.15. The summed E-state index contributed by atoms with van der Waals surface area (Å²) in [7, 11) is -3.62. The number of pyridine rings is 1. The molecule has 3 N–H and O–H groups in total. The van der Waals surface area contributed by atoms with Crippen LogP contribution < -0.4 is 10.5 Å². The molecule has 0 radical (unpaired) electrons. The van der Waals surface area contributed by atoms with Crippen LogP contribution in [0.25, 0.3) is 0 Å². The molecule has 18 heavy (non-hydrogen) atoms. The summed E-state index contributed by atoms with van der Waals surface area (Å²) in [5, 5.41) is 3.87. The average Bonchev–Trinajstić information content (AvgIpc) is 2.83. The number of sulfonamides is 1. The van der Waals surface area contributed by atoms with Crippen molar-refractivity contribution in [1.29, 1.82) is 0 Å². The lowest BCUT2D eigenvalue weighted by Crippen LogP contribution is -2.23. The zero-order valence-corrected chi connectivity index (χ0v) is 11.5. The van der Waals surface area contributed by atoms with Gasteiger partial charge in [0.05, 0.1) is 5.02 Å². The van der Waals surface area contributed by atoms with Crippen LogP contribution in [-0.4, -0.2) is 13.4 Å². The molecular weight excluding hydrogens is 294 g/mol. The molecule has 0 saturated carbocycles. The van der Waals surface area contributed by atoms with Crippen LogP contribution in [0.4, 0.5) is 5.82 Å². The second-order valence-corrected chi connectivity index (χ2v) is 6.45. The van der Waals surface area contributed by atoms with Gasteiger partial charge in [0.25, 0.3) is 0 Å². The Morgan fingerprint density at radius 1 is 1.50 bits per heavy atom. The molecule has 0 bridgehead atoms. The van der Waals surface area contributed by atoms with Gasteiger partial charge in [0.2, 0.25) is 10.0 Å². The highest BCUT2D eigenvalue weighted by Gasteiger charge is 2.15. The van der Waals surface area contributed by atoms with Crippen molar-refractivity contribution in [2.24, 2.45) is 0 Å². The number of rotatable bonds is 4. The van der Waals surface area contributed by atoms with Gasteiger partial charge >= 0.3 is 0 Å². The van der Waals surface area contributed by atoms with Crippen LogP contribution in [0, 0.1) is 0 Å². The highest BCUT2D eigenvalue weighted by molar-refractivity contribution is 7.89. The van der Waals surface area contributed by atoms with E-state index in [-0.39, 0.29) is 22.3 Å². The fourth-order valence-corrected chi connectivity index (χ4v) is 3.12. The lowest BCUT2D eigenvalue weighted by molar-refractivity contribution is 0.581. The molecule has 0 saturated heterocycles. The Balaban J connectivity index is 2.17. The van der Waals surface area contributed by atoms with E-state index in [1.807, 2.05) is 16.8 Å². The third-order valence-electron chi connectivity index (χ3n) is 2.20. The monoisotopic (exact) mass is 303 g/mol. The molecule has 2 aromatic heterocycles. The number of thiophene rings is 1. The van der Waals surface area contributed by atoms with E-state index in [0.717, 1.165) is 5.56 Å². The van der Waals surface area contributed by atoms with Gasteiger partial charge in [-0.1, -0.05) is 11.6 Å². The summed E-state index contributed by atoms with van der Waals surface area (Å²) in [5.41, 5.74) is 6.33. The Labute approximate surface area is 114 Å². The van der Waals surface area contributed by atoms with E-state index in [1.165, 1.54) is 23.6 Å². The molecule has 2 rings (SSSR count). The van der Waals surface area contributed by atoms with Crippen molar-refractivity contribution >= 4 is 38.8 Å². The minimum absolute atomic E-state index is 0.00284. The normalized spacial score (nSPS) is 11.6. The second kappa shape index (κ2) is 5.23. The molecule has 0 aliphatic carbocycles. The number of nitrogens with two attached hydrogens (primary N) is 1. The standard InChI is InChI=1S/C10H10ClN3O2S2/c11-9-3-8(5-13-10(9)12)18(15,16)14-4-7-1-2-17-6-7/h1-3,5-6,14H,4H2,(H2,12,13). The first kappa shape index (κ1) is 13.3. The largest absolute Gasteiger partial charge is 0.382 e. The van der Waals surface area contributed by atoms with Crippen molar-refractivity contribution < 1.29 is 8.42 Å². The average molecular weight is 304 g/mol. The Morgan fingerprint density at radius 3 is 2.89 bits per heavy atom. The molecule has 0 atom stereocenters. The first-order chi connectivity index (χ1) is 8.49. The molecule has 2 heterocycles. The molecule has 2 aromatic rings. The third kappa shape index (κ3) is 2.99. The summed E-state index contributed by atoms with van der Waals surface area (Å²) < 4.78 is 26.4. The quantitative estimate of drug-likeness (QED) is 0.903. The Bertz CT molecular complexity index is 641. The van der Waals surface area contributed by atoms with Crippen molar-refractivity contribution in [3.63, 3.8) is 0 Å². The van der Waals surface area contributed by atoms with Crippen LogP contribution >= 0.6 is 22.9 Å². The first-order valence-electron chi connectivity index (χ1n) is 4.91. The van der Waals surface area contributed by atoms with E-state index < -0.39 is 10.0 Å². The molecule has 0 amide bonds. The maximum atomic E-state index is 11.9. The minimum atomic E-state index is -3.62. The van der Waals surface area contributed by atoms with E-state index in [1.54, 1.807) is 0 Å². The summed E-state index contributed by atoms with van der Waals surface area (Å²) in [4.78, 5) is 3.72. The third-order valence-corrected chi connectivity index (χ3v) is 4.60. The van der Waals surface area contributed by atoms with Crippen LogP contribution in [0.1, 0.15) is 5.56 Å². The smallest absolute Gasteiger partial charge is 0.242 e. The lowest BCUT2D eigenvalue weighted by atomic mass is 10.4. The molecule has 8 heteroatoms. The van der Waals surface area contributed by atoms with Gasteiger partial charge in [0.15, 0.2) is 0 Å². The van der Waals surface area contributed by atoms with Crippen molar-refractivity contribution in [1.82, 2.24) is 9.71 Å². The van der Waals surface area contributed by atoms with E-state index in [2.05, 4.69) is 9.71 Å². The fraction of sp³-hybridized carbons (Fsp3) is 0.100. The first-order valence-corrected chi connectivity index (χ1v) is 7.71. The Kier molecular flexibility index (Phi) is 3.86. The van der Waals surface area contributed by atoms with E-state index >= 15 is 0 Å². The van der Waals surface area contributed by atoms with Crippen molar-refractivity contribution in [2.75, 3.05) is 5.73 Å². The number of hydrogen-bond donors (Lipinski definition) is 2. The molecule has 0 aliphatic rings. The molecular formula is C10H10ClN3O2S2. The van der Waals surface area contributed by atoms with Gasteiger partial charge in [-0.25, -0.2) is 18.1 Å². The van der Waals surface area contributed by atoms with Crippen molar-refractivity contribution in [2.45, 2.75) is 11.4 Å². The number of nitrogen functional groups attached to an aromatic ring is 1. The van der Waals surface area contributed by atoms with Gasteiger partial charge in [0.1, 0.15) is 10.7 Å². The van der Waals surface area contributed by atoms with Crippen LogP contribution in [0.3, 0.4) is 0 Å². The van der Waals surface area contributed by atoms with Gasteiger partial charge in [-0.2, -0.15) is 11.3 Å². The minimum Gasteiger partial charge on any atom is -0.382 e. The van der Waals surface area contributed by atoms with E-state index in [9.17, 15) is 8.42 Å². The molecule has 0 aromatic carbocycles. The van der Waals surface area contributed by atoms with Gasteiger partial charge in [0, 0.05) is 12.7 Å². The number of halogens is 1. The van der Waals surface area contributed by atoms with Crippen LogP contribution in [0.5, 0.6) is 0 Å². The predicted molar refractivity (Wildman–Crippen MR) is 72.0 cm³/mol. The zero-order chi connectivity index (χ0) is 13.2. The molecule has 96 valence electrons. The number of anilines is 1. The predicted octanol–water partition coefficient (Wildman–Crippen LogP) is 1.86. The summed E-state index contributed by atoms with van der Waals surface area (Å²) >= 11 is 7.25. The summed E-state index contributed by atoms with van der Waals surface area (Å²) in [6.07, 6.45) is 1.18. The topological polar surface area (TPSA) is 85.1 Å². The lowest BCUT2D eigenvalue weighted by Gasteiger charge is -2.06. The summed E-state index contributed by atoms with van der Waals surface area (Å²) in [6, 6.07) is 3.13.